The molecule has 0 aromatic rings. The molecule has 0 atom stereocenters. The van der Waals surface area contributed by atoms with Gasteiger partial charge < -0.3 is 13.3 Å². The Kier molecular flexibility index (Phi) is 6.11. The van der Waals surface area contributed by atoms with Gasteiger partial charge in [0.1, 0.15) is 0 Å². The molecular formula is C8H23NO3Si2. The van der Waals surface area contributed by atoms with Crippen LogP contribution in [-0.4, -0.2) is 38.5 Å². The molecule has 0 radical (unpaired) electrons. The lowest BCUT2D eigenvalue weighted by molar-refractivity contribution is 0.239. The first-order valence-electron chi connectivity index (χ1n) is 4.96. The van der Waals surface area contributed by atoms with Crippen molar-refractivity contribution in [1.29, 1.82) is 0 Å². The van der Waals surface area contributed by atoms with Crippen molar-refractivity contribution >= 4 is 17.2 Å². The molecule has 0 fully saturated rings. The highest BCUT2D eigenvalue weighted by molar-refractivity contribution is 6.84. The third kappa shape index (κ3) is 3.45. The molecule has 14 heavy (non-hydrogen) atoms. The lowest BCUT2D eigenvalue weighted by Gasteiger charge is -2.35. The summed E-state index contributed by atoms with van der Waals surface area (Å²) < 4.78 is 20.0. The second-order valence-corrected chi connectivity index (χ2v) is 10.9. The van der Waals surface area contributed by atoms with Crippen LogP contribution >= 0.6 is 0 Å². The Morgan fingerprint density at radius 3 is 1.57 bits per heavy atom. The zero-order chi connectivity index (χ0) is 11.2. The van der Waals surface area contributed by atoms with Crippen molar-refractivity contribution in [2.75, 3.05) is 21.3 Å². The van der Waals surface area contributed by atoms with Gasteiger partial charge in [-0.3, -0.25) is 4.65 Å². The van der Waals surface area contributed by atoms with E-state index in [4.69, 9.17) is 13.3 Å². The molecule has 0 aromatic heterocycles. The van der Waals surface area contributed by atoms with Crippen LogP contribution in [0, 0.1) is 0 Å². The van der Waals surface area contributed by atoms with Crippen molar-refractivity contribution < 1.29 is 13.3 Å². The number of hydrogen-bond donors (Lipinski definition) is 1. The van der Waals surface area contributed by atoms with Crippen LogP contribution < -0.4 is 4.65 Å². The molecule has 0 heterocycles. The predicted molar refractivity (Wildman–Crippen MR) is 62.5 cm³/mol. The van der Waals surface area contributed by atoms with Crippen LogP contribution in [0.1, 0.15) is 13.8 Å². The summed E-state index contributed by atoms with van der Waals surface area (Å²) >= 11 is 0. The zero-order valence-corrected chi connectivity index (χ0v) is 12.1. The van der Waals surface area contributed by atoms with E-state index in [9.17, 15) is 0 Å². The average Bonchev–Trinajstić information content (AvgIpc) is 2.26. The third-order valence-corrected chi connectivity index (χ3v) is 11.0. The maximum absolute atomic E-state index is 5.64. The fourth-order valence-corrected chi connectivity index (χ4v) is 8.56. The van der Waals surface area contributed by atoms with Gasteiger partial charge in [-0.05, 0) is 18.6 Å². The van der Waals surface area contributed by atoms with Crippen LogP contribution in [0.2, 0.25) is 18.6 Å². The maximum Gasteiger partial charge on any atom is 0.416 e. The van der Waals surface area contributed by atoms with Gasteiger partial charge in [0.15, 0.2) is 0 Å². The summed E-state index contributed by atoms with van der Waals surface area (Å²) in [7, 11) is 1.10. The van der Waals surface area contributed by atoms with Gasteiger partial charge in [0.2, 0.25) is 0 Å². The van der Waals surface area contributed by atoms with E-state index < -0.39 is 17.2 Å². The summed E-state index contributed by atoms with van der Waals surface area (Å²) in [6.45, 7) is 6.29. The van der Waals surface area contributed by atoms with Crippen LogP contribution in [-0.2, 0) is 13.3 Å². The Hall–Kier alpha value is 0.274. The Bertz CT molecular complexity index is 152. The molecule has 6 heteroatoms. The smallest absolute Gasteiger partial charge is 0.407 e. The molecule has 0 aromatic carbocycles. The van der Waals surface area contributed by atoms with Crippen molar-refractivity contribution in [2.24, 2.45) is 0 Å². The van der Waals surface area contributed by atoms with E-state index in [1.807, 2.05) is 6.55 Å². The number of rotatable bonds is 7. The molecule has 86 valence electrons. The molecule has 0 saturated carbocycles. The van der Waals surface area contributed by atoms with Crippen LogP contribution in [0.25, 0.3) is 0 Å². The second-order valence-electron chi connectivity index (χ2n) is 3.38. The van der Waals surface area contributed by atoms with E-state index in [0.717, 1.165) is 12.1 Å². The molecular weight excluding hydrogens is 214 g/mol. The summed E-state index contributed by atoms with van der Waals surface area (Å²) in [5.41, 5.74) is 0. The van der Waals surface area contributed by atoms with E-state index in [1.165, 1.54) is 0 Å². The monoisotopic (exact) mass is 237 g/mol. The minimum absolute atomic E-state index is 1.02. The van der Waals surface area contributed by atoms with Crippen LogP contribution in [0.3, 0.4) is 0 Å². The van der Waals surface area contributed by atoms with Crippen LogP contribution in [0.15, 0.2) is 0 Å². The summed E-state index contributed by atoms with van der Waals surface area (Å²) in [6, 6.07) is 2.05. The van der Waals surface area contributed by atoms with Gasteiger partial charge in [-0.1, -0.05) is 13.8 Å². The van der Waals surface area contributed by atoms with Gasteiger partial charge in [-0.2, -0.15) is 0 Å². The number of nitrogens with one attached hydrogen (secondary N) is 1. The van der Waals surface area contributed by atoms with Gasteiger partial charge in [0.05, 0.1) is 0 Å². The Labute approximate surface area is 89.5 Å². The minimum atomic E-state index is -2.21. The second kappa shape index (κ2) is 5.99. The Balaban J connectivity index is 4.56. The molecule has 0 aliphatic heterocycles. The van der Waals surface area contributed by atoms with E-state index in [0.29, 0.717) is 0 Å². The normalized spacial score (nSPS) is 13.3. The molecule has 0 saturated heterocycles. The quantitative estimate of drug-likeness (QED) is 0.682. The molecule has 0 unspecified atom stereocenters. The summed E-state index contributed by atoms with van der Waals surface area (Å²) in [5.74, 6) is 0. The number of hydrogen-bond acceptors (Lipinski definition) is 4. The zero-order valence-electron chi connectivity index (χ0n) is 10.1. The van der Waals surface area contributed by atoms with E-state index in [1.54, 1.807) is 21.3 Å². The standard InChI is InChI=1S/C8H23NO3Si2/c1-7-14(8-2,12-5)9-13(6,10-3)11-4/h9H,7-8H2,1-6H3. The summed E-state index contributed by atoms with van der Waals surface area (Å²) in [6.07, 6.45) is 0. The molecule has 1 N–H and O–H groups in total. The predicted octanol–water partition coefficient (Wildman–Crippen LogP) is 1.57. The lowest BCUT2D eigenvalue weighted by atomic mass is 10.9. The molecule has 0 amide bonds. The van der Waals surface area contributed by atoms with E-state index >= 15 is 0 Å². The highest BCUT2D eigenvalue weighted by Gasteiger charge is 2.42. The first-order valence-corrected chi connectivity index (χ1v) is 9.60. The summed E-state index contributed by atoms with van der Waals surface area (Å²) in [5, 5.41) is 0. The molecule has 0 rings (SSSR count). The molecule has 0 bridgehead atoms. The van der Waals surface area contributed by atoms with Crippen molar-refractivity contribution in [3.8, 4) is 0 Å². The third-order valence-electron chi connectivity index (χ3n) is 2.77. The fourth-order valence-electron chi connectivity index (χ4n) is 1.37. The first kappa shape index (κ1) is 14.3. The van der Waals surface area contributed by atoms with Crippen molar-refractivity contribution in [2.45, 2.75) is 32.5 Å². The van der Waals surface area contributed by atoms with Crippen molar-refractivity contribution in [3.63, 3.8) is 0 Å². The minimum Gasteiger partial charge on any atom is -0.407 e. The SMILES string of the molecule is CC[Si](CC)(N[Si](C)(OC)OC)OC. The maximum atomic E-state index is 5.64. The first-order chi connectivity index (χ1) is 6.51. The van der Waals surface area contributed by atoms with Gasteiger partial charge in [-0.15, -0.1) is 0 Å². The van der Waals surface area contributed by atoms with Crippen molar-refractivity contribution in [3.05, 3.63) is 0 Å². The molecule has 4 nitrogen and oxygen atoms in total. The molecule has 0 aliphatic carbocycles. The van der Waals surface area contributed by atoms with Crippen LogP contribution in [0.4, 0.5) is 0 Å². The average molecular weight is 237 g/mol. The van der Waals surface area contributed by atoms with Crippen molar-refractivity contribution in [1.82, 2.24) is 4.65 Å². The van der Waals surface area contributed by atoms with Gasteiger partial charge >= 0.3 is 8.72 Å². The van der Waals surface area contributed by atoms with Gasteiger partial charge in [-0.25, -0.2) is 0 Å². The topological polar surface area (TPSA) is 39.7 Å². The van der Waals surface area contributed by atoms with Gasteiger partial charge in [0, 0.05) is 21.3 Å². The van der Waals surface area contributed by atoms with E-state index in [-0.39, 0.29) is 0 Å². The largest absolute Gasteiger partial charge is 0.416 e. The van der Waals surface area contributed by atoms with Crippen LogP contribution in [0.5, 0.6) is 0 Å². The Morgan fingerprint density at radius 2 is 1.36 bits per heavy atom. The Morgan fingerprint density at radius 1 is 0.929 bits per heavy atom. The van der Waals surface area contributed by atoms with E-state index in [2.05, 4.69) is 18.5 Å². The lowest BCUT2D eigenvalue weighted by Crippen LogP contribution is -2.66. The highest BCUT2D eigenvalue weighted by Crippen LogP contribution is 2.16. The highest BCUT2D eigenvalue weighted by atomic mass is 28.4. The molecule has 0 spiro atoms. The van der Waals surface area contributed by atoms with Gasteiger partial charge in [0.25, 0.3) is 8.48 Å². The molecule has 0 aliphatic rings. The fraction of sp³-hybridized carbons (Fsp3) is 1.00. The summed E-state index contributed by atoms with van der Waals surface area (Å²) in [4.78, 5) is 0.